The third kappa shape index (κ3) is 4.38. The lowest BCUT2D eigenvalue weighted by molar-refractivity contribution is -0.150. The van der Waals surface area contributed by atoms with E-state index < -0.39 is 12.1 Å². The van der Waals surface area contributed by atoms with Crippen LogP contribution in [-0.2, 0) is 14.3 Å². The lowest BCUT2D eigenvalue weighted by Crippen LogP contribution is -2.23. The zero-order valence-electron chi connectivity index (χ0n) is 7.62. The quantitative estimate of drug-likeness (QED) is 0.632. The molecule has 0 saturated carbocycles. The molecule has 0 saturated heterocycles. The summed E-state index contributed by atoms with van der Waals surface area (Å²) in [6.07, 6.45) is 2.58. The highest BCUT2D eigenvalue weighted by atomic mass is 32.2. The molecule has 70 valence electrons. The van der Waals surface area contributed by atoms with Gasteiger partial charge in [-0.2, -0.15) is 0 Å². The Labute approximate surface area is 76.9 Å². The summed E-state index contributed by atoms with van der Waals surface area (Å²) in [5.74, 6) is -0.393. The summed E-state index contributed by atoms with van der Waals surface area (Å²) >= 11 is 1.10. The molecule has 0 spiro atoms. The number of carbonyl (C=O) groups is 2. The van der Waals surface area contributed by atoms with Gasteiger partial charge in [0.2, 0.25) is 5.12 Å². The predicted molar refractivity (Wildman–Crippen MR) is 49.0 cm³/mol. The third-order valence-electron chi connectivity index (χ3n) is 1.32. The van der Waals surface area contributed by atoms with Crippen molar-refractivity contribution in [2.75, 3.05) is 6.26 Å². The molecular formula is C8H14O3S. The largest absolute Gasteiger partial charge is 0.454 e. The van der Waals surface area contributed by atoms with Gasteiger partial charge in [-0.15, -0.1) is 0 Å². The van der Waals surface area contributed by atoms with Crippen LogP contribution in [-0.4, -0.2) is 23.4 Å². The van der Waals surface area contributed by atoms with Crippen LogP contribution in [0.25, 0.3) is 0 Å². The van der Waals surface area contributed by atoms with E-state index in [2.05, 4.69) is 0 Å². The van der Waals surface area contributed by atoms with Gasteiger partial charge in [-0.1, -0.05) is 25.1 Å². The van der Waals surface area contributed by atoms with Crippen molar-refractivity contribution in [3.05, 3.63) is 0 Å². The summed E-state index contributed by atoms with van der Waals surface area (Å²) < 4.78 is 4.83. The van der Waals surface area contributed by atoms with Crippen LogP contribution in [0.1, 0.15) is 26.7 Å². The van der Waals surface area contributed by atoms with E-state index in [0.717, 1.165) is 18.2 Å². The molecule has 0 aromatic rings. The van der Waals surface area contributed by atoms with Gasteiger partial charge in [-0.25, -0.2) is 0 Å². The highest BCUT2D eigenvalue weighted by Crippen LogP contribution is 2.10. The van der Waals surface area contributed by atoms with Gasteiger partial charge in [0, 0.05) is 6.92 Å². The molecule has 0 aromatic carbocycles. The standard InChI is InChI=1S/C8H14O3S/c1-4-5-7(8(10)12-3)11-6(2)9/h7H,4-5H2,1-3H3. The lowest BCUT2D eigenvalue weighted by Gasteiger charge is -2.12. The summed E-state index contributed by atoms with van der Waals surface area (Å²) in [7, 11) is 0. The highest BCUT2D eigenvalue weighted by molar-refractivity contribution is 8.13. The maximum atomic E-state index is 11.1. The van der Waals surface area contributed by atoms with E-state index in [4.69, 9.17) is 4.74 Å². The first kappa shape index (κ1) is 11.5. The van der Waals surface area contributed by atoms with E-state index in [0.29, 0.717) is 6.42 Å². The lowest BCUT2D eigenvalue weighted by atomic mass is 10.2. The molecule has 0 amide bonds. The molecule has 0 N–H and O–H groups in total. The Kier molecular flexibility index (Phi) is 5.80. The van der Waals surface area contributed by atoms with Crippen molar-refractivity contribution in [1.29, 1.82) is 0 Å². The van der Waals surface area contributed by atoms with Crippen LogP contribution in [0.3, 0.4) is 0 Å². The first-order chi connectivity index (χ1) is 5.61. The fraction of sp³-hybridized carbons (Fsp3) is 0.750. The Hall–Kier alpha value is -0.510. The number of thioether (sulfide) groups is 1. The Morgan fingerprint density at radius 3 is 2.42 bits per heavy atom. The van der Waals surface area contributed by atoms with Crippen LogP contribution in [0.5, 0.6) is 0 Å². The molecule has 0 aromatic heterocycles. The number of hydrogen-bond donors (Lipinski definition) is 0. The predicted octanol–water partition coefficient (Wildman–Crippen LogP) is 1.61. The van der Waals surface area contributed by atoms with E-state index in [9.17, 15) is 9.59 Å². The fourth-order valence-electron chi connectivity index (χ4n) is 0.819. The van der Waals surface area contributed by atoms with Gasteiger partial charge in [0.25, 0.3) is 0 Å². The smallest absolute Gasteiger partial charge is 0.303 e. The van der Waals surface area contributed by atoms with Gasteiger partial charge in [-0.3, -0.25) is 9.59 Å². The molecule has 0 radical (unpaired) electrons. The molecule has 0 bridgehead atoms. The van der Waals surface area contributed by atoms with Crippen LogP contribution in [0.2, 0.25) is 0 Å². The SMILES string of the molecule is CCCC(OC(C)=O)C(=O)SC. The number of hydrogen-bond acceptors (Lipinski definition) is 4. The van der Waals surface area contributed by atoms with Crippen LogP contribution in [0.4, 0.5) is 0 Å². The molecule has 0 fully saturated rings. The fourth-order valence-corrected chi connectivity index (χ4v) is 1.25. The molecule has 4 heteroatoms. The third-order valence-corrected chi connectivity index (χ3v) is 1.99. The summed E-state index contributed by atoms with van der Waals surface area (Å²) in [5.41, 5.74) is 0. The summed E-state index contributed by atoms with van der Waals surface area (Å²) in [4.78, 5) is 21.7. The average molecular weight is 190 g/mol. The maximum Gasteiger partial charge on any atom is 0.303 e. The minimum Gasteiger partial charge on any atom is -0.454 e. The molecule has 0 rings (SSSR count). The van der Waals surface area contributed by atoms with Crippen LogP contribution in [0, 0.1) is 0 Å². The van der Waals surface area contributed by atoms with E-state index in [1.165, 1.54) is 6.92 Å². The van der Waals surface area contributed by atoms with Gasteiger partial charge >= 0.3 is 5.97 Å². The van der Waals surface area contributed by atoms with Crippen LogP contribution < -0.4 is 0 Å². The zero-order valence-corrected chi connectivity index (χ0v) is 8.44. The topological polar surface area (TPSA) is 43.4 Å². The van der Waals surface area contributed by atoms with Gasteiger partial charge < -0.3 is 4.74 Å². The first-order valence-corrected chi connectivity index (χ1v) is 5.09. The second kappa shape index (κ2) is 6.06. The van der Waals surface area contributed by atoms with Crippen molar-refractivity contribution in [2.24, 2.45) is 0 Å². The zero-order chi connectivity index (χ0) is 9.56. The molecule has 0 aliphatic rings. The molecule has 0 aliphatic carbocycles. The minimum absolute atomic E-state index is 0.0768. The Morgan fingerprint density at radius 1 is 1.50 bits per heavy atom. The van der Waals surface area contributed by atoms with Crippen molar-refractivity contribution >= 4 is 22.8 Å². The summed E-state index contributed by atoms with van der Waals surface area (Å²) in [6.45, 7) is 3.26. The summed E-state index contributed by atoms with van der Waals surface area (Å²) in [6, 6.07) is 0. The molecule has 0 heterocycles. The monoisotopic (exact) mass is 190 g/mol. The van der Waals surface area contributed by atoms with Gasteiger partial charge in [0.1, 0.15) is 0 Å². The van der Waals surface area contributed by atoms with Crippen molar-refractivity contribution in [1.82, 2.24) is 0 Å². The van der Waals surface area contributed by atoms with E-state index in [-0.39, 0.29) is 5.12 Å². The molecule has 1 unspecified atom stereocenters. The maximum absolute atomic E-state index is 11.1. The normalized spacial score (nSPS) is 12.2. The summed E-state index contributed by atoms with van der Waals surface area (Å²) in [5, 5.41) is -0.0768. The van der Waals surface area contributed by atoms with E-state index in [1.807, 2.05) is 6.92 Å². The van der Waals surface area contributed by atoms with Crippen molar-refractivity contribution in [2.45, 2.75) is 32.8 Å². The number of ether oxygens (including phenoxy) is 1. The highest BCUT2D eigenvalue weighted by Gasteiger charge is 2.18. The van der Waals surface area contributed by atoms with Crippen molar-refractivity contribution in [3.63, 3.8) is 0 Å². The van der Waals surface area contributed by atoms with E-state index >= 15 is 0 Å². The molecule has 12 heavy (non-hydrogen) atoms. The number of carbonyl (C=O) groups excluding carboxylic acids is 2. The second-order valence-corrected chi connectivity index (χ2v) is 3.22. The van der Waals surface area contributed by atoms with E-state index in [1.54, 1.807) is 6.26 Å². The van der Waals surface area contributed by atoms with Crippen LogP contribution in [0.15, 0.2) is 0 Å². The minimum atomic E-state index is -0.553. The average Bonchev–Trinajstić information content (AvgIpc) is 2.01. The van der Waals surface area contributed by atoms with Crippen molar-refractivity contribution in [3.8, 4) is 0 Å². The Balaban J connectivity index is 4.02. The number of rotatable bonds is 4. The van der Waals surface area contributed by atoms with Crippen molar-refractivity contribution < 1.29 is 14.3 Å². The number of esters is 1. The van der Waals surface area contributed by atoms with Crippen LogP contribution >= 0.6 is 11.8 Å². The second-order valence-electron chi connectivity index (χ2n) is 2.41. The van der Waals surface area contributed by atoms with Gasteiger partial charge in [0.15, 0.2) is 6.10 Å². The molecular weight excluding hydrogens is 176 g/mol. The Morgan fingerprint density at radius 2 is 2.08 bits per heavy atom. The van der Waals surface area contributed by atoms with Gasteiger partial charge in [-0.05, 0) is 12.7 Å². The first-order valence-electron chi connectivity index (χ1n) is 3.86. The van der Waals surface area contributed by atoms with Gasteiger partial charge in [0.05, 0.1) is 0 Å². The Bertz CT molecular complexity index is 168. The molecule has 3 nitrogen and oxygen atoms in total. The molecule has 0 aliphatic heterocycles. The molecule has 1 atom stereocenters.